The molecule has 2 heterocycles. The average Bonchev–Trinajstić information content (AvgIpc) is 3.20. The highest BCUT2D eigenvalue weighted by Crippen LogP contribution is 2.49. The normalized spacial score (nSPS) is 13.8. The van der Waals surface area contributed by atoms with Gasteiger partial charge in [0.25, 0.3) is 0 Å². The Morgan fingerprint density at radius 2 is 1.68 bits per heavy atom. The van der Waals surface area contributed by atoms with E-state index in [-0.39, 0.29) is 15.6 Å². The number of ether oxygens (including phenoxy) is 2. The fraction of sp³-hybridized carbons (Fsp3) is 0.118. The number of carbonyl (C=O) groups is 2. The molecule has 0 fully saturated rings. The summed E-state index contributed by atoms with van der Waals surface area (Å²) >= 11 is 3.62. The standard InChI is InChI=1S/C17H12O5S3/c1-21-16(19)14-15(17(20)22-2)25-12(24-14)8-7-11-13(18)9-5-3-4-6-10(9)23-11/h3-7,18H,1-2H3. The number of thiophene rings is 1. The van der Waals surface area contributed by atoms with Gasteiger partial charge in [0.05, 0.1) is 23.3 Å². The zero-order chi connectivity index (χ0) is 18.0. The van der Waals surface area contributed by atoms with E-state index in [0.717, 1.165) is 33.6 Å². The molecule has 3 rings (SSSR count). The number of esters is 2. The molecule has 5 nitrogen and oxygen atoms in total. The summed E-state index contributed by atoms with van der Waals surface area (Å²) in [4.78, 5) is 24.7. The third kappa shape index (κ3) is 3.48. The van der Waals surface area contributed by atoms with Crippen LogP contribution in [0.25, 0.3) is 16.2 Å². The zero-order valence-electron chi connectivity index (χ0n) is 13.2. The van der Waals surface area contributed by atoms with Gasteiger partial charge in [0.2, 0.25) is 0 Å². The summed E-state index contributed by atoms with van der Waals surface area (Å²) in [5.74, 6) is -1.00. The Balaban J connectivity index is 1.94. The quantitative estimate of drug-likeness (QED) is 0.623. The van der Waals surface area contributed by atoms with Crippen molar-refractivity contribution in [2.24, 2.45) is 0 Å². The van der Waals surface area contributed by atoms with Crippen LogP contribution in [0.15, 0.2) is 44.0 Å². The van der Waals surface area contributed by atoms with E-state index in [4.69, 9.17) is 9.47 Å². The zero-order valence-corrected chi connectivity index (χ0v) is 15.6. The van der Waals surface area contributed by atoms with Gasteiger partial charge >= 0.3 is 11.9 Å². The summed E-state index contributed by atoms with van der Waals surface area (Å²) in [7, 11) is 2.50. The lowest BCUT2D eigenvalue weighted by molar-refractivity contribution is -0.138. The number of carbonyl (C=O) groups excluding carboxylic acids is 2. The van der Waals surface area contributed by atoms with E-state index in [1.54, 1.807) is 6.08 Å². The Morgan fingerprint density at radius 3 is 2.24 bits per heavy atom. The Hall–Kier alpha value is -2.12. The Morgan fingerprint density at radius 1 is 1.08 bits per heavy atom. The van der Waals surface area contributed by atoms with Crippen molar-refractivity contribution in [2.75, 3.05) is 14.2 Å². The van der Waals surface area contributed by atoms with Crippen molar-refractivity contribution in [1.29, 1.82) is 0 Å². The SMILES string of the molecule is COC(=O)C1=C(C(=O)OC)SC(=C=Cc2sc3ccccc3c2O)S1. The minimum absolute atomic E-state index is 0.177. The number of aromatic hydroxyl groups is 1. The maximum atomic E-state index is 11.8. The van der Waals surface area contributed by atoms with Crippen molar-refractivity contribution in [3.63, 3.8) is 0 Å². The molecule has 25 heavy (non-hydrogen) atoms. The lowest BCUT2D eigenvalue weighted by atomic mass is 10.2. The van der Waals surface area contributed by atoms with Crippen LogP contribution in [0.5, 0.6) is 5.75 Å². The molecular weight excluding hydrogens is 380 g/mol. The summed E-state index contributed by atoms with van der Waals surface area (Å²) in [6, 6.07) is 7.53. The number of fused-ring (bicyclic) bond motifs is 1. The van der Waals surface area contributed by atoms with Crippen LogP contribution in [0, 0.1) is 0 Å². The molecular formula is C17H12O5S3. The van der Waals surface area contributed by atoms with Crippen LogP contribution in [0.2, 0.25) is 0 Å². The number of rotatable bonds is 3. The molecule has 0 amide bonds. The highest BCUT2D eigenvalue weighted by molar-refractivity contribution is 8.29. The van der Waals surface area contributed by atoms with Gasteiger partial charge in [0, 0.05) is 16.2 Å². The molecule has 0 atom stereocenters. The molecule has 0 unspecified atom stereocenters. The van der Waals surface area contributed by atoms with Gasteiger partial charge in [-0.15, -0.1) is 11.3 Å². The van der Waals surface area contributed by atoms with Crippen molar-refractivity contribution in [2.45, 2.75) is 0 Å². The highest BCUT2D eigenvalue weighted by atomic mass is 32.2. The molecule has 0 bridgehead atoms. The van der Waals surface area contributed by atoms with E-state index in [1.165, 1.54) is 25.6 Å². The van der Waals surface area contributed by atoms with Gasteiger partial charge in [-0.2, -0.15) is 0 Å². The topological polar surface area (TPSA) is 72.8 Å². The third-order valence-corrected chi connectivity index (χ3v) is 6.75. The van der Waals surface area contributed by atoms with Crippen molar-refractivity contribution in [3.05, 3.63) is 48.9 Å². The van der Waals surface area contributed by atoms with Crippen LogP contribution < -0.4 is 0 Å². The molecule has 0 saturated carbocycles. The first kappa shape index (κ1) is 17.7. The molecule has 0 radical (unpaired) electrons. The maximum absolute atomic E-state index is 11.8. The average molecular weight is 392 g/mol. The summed E-state index contributed by atoms with van der Waals surface area (Å²) < 4.78 is 11.0. The molecule has 1 aliphatic heterocycles. The second-order valence-corrected chi connectivity index (χ2v) is 8.12. The largest absolute Gasteiger partial charge is 0.506 e. The van der Waals surface area contributed by atoms with E-state index in [9.17, 15) is 14.7 Å². The minimum atomic E-state index is -0.598. The van der Waals surface area contributed by atoms with Crippen molar-refractivity contribution >= 4 is 63.0 Å². The predicted octanol–water partition coefficient (Wildman–Crippen LogP) is 4.10. The molecule has 1 aromatic carbocycles. The fourth-order valence-corrected chi connectivity index (χ4v) is 5.28. The second kappa shape index (κ2) is 7.41. The Labute approximate surface area is 156 Å². The number of methoxy groups -OCH3 is 2. The maximum Gasteiger partial charge on any atom is 0.346 e. The number of hydrogen-bond acceptors (Lipinski definition) is 8. The minimum Gasteiger partial charge on any atom is -0.506 e. The molecule has 1 aliphatic rings. The Kier molecular flexibility index (Phi) is 5.24. The molecule has 1 aromatic heterocycles. The van der Waals surface area contributed by atoms with Gasteiger partial charge in [-0.3, -0.25) is 0 Å². The van der Waals surface area contributed by atoms with Crippen LogP contribution in [0.1, 0.15) is 4.88 Å². The predicted molar refractivity (Wildman–Crippen MR) is 101 cm³/mol. The van der Waals surface area contributed by atoms with E-state index >= 15 is 0 Å². The first-order chi connectivity index (χ1) is 12.0. The molecule has 8 heteroatoms. The third-order valence-electron chi connectivity index (χ3n) is 3.25. The number of benzene rings is 1. The summed E-state index contributed by atoms with van der Waals surface area (Å²) in [5.41, 5.74) is 3.03. The molecule has 128 valence electrons. The van der Waals surface area contributed by atoms with Crippen LogP contribution in [0.3, 0.4) is 0 Å². The summed E-state index contributed by atoms with van der Waals surface area (Å²) in [6.07, 6.45) is 1.64. The summed E-state index contributed by atoms with van der Waals surface area (Å²) in [5, 5.41) is 11.1. The summed E-state index contributed by atoms with van der Waals surface area (Å²) in [6.45, 7) is 0. The lowest BCUT2D eigenvalue weighted by Gasteiger charge is -2.00. The van der Waals surface area contributed by atoms with Crippen LogP contribution in [0.4, 0.5) is 0 Å². The van der Waals surface area contributed by atoms with Crippen LogP contribution >= 0.6 is 34.9 Å². The lowest BCUT2D eigenvalue weighted by Crippen LogP contribution is -2.08. The van der Waals surface area contributed by atoms with Crippen LogP contribution in [-0.4, -0.2) is 31.3 Å². The highest BCUT2D eigenvalue weighted by Gasteiger charge is 2.32. The van der Waals surface area contributed by atoms with Gasteiger partial charge in [0.1, 0.15) is 15.6 Å². The molecule has 0 spiro atoms. The van der Waals surface area contributed by atoms with Crippen molar-refractivity contribution in [1.82, 2.24) is 0 Å². The number of hydrogen-bond donors (Lipinski definition) is 1. The monoisotopic (exact) mass is 392 g/mol. The fourth-order valence-electron chi connectivity index (χ4n) is 2.09. The van der Waals surface area contributed by atoms with E-state index in [2.05, 4.69) is 5.73 Å². The second-order valence-electron chi connectivity index (χ2n) is 4.73. The number of thioether (sulfide) groups is 2. The van der Waals surface area contributed by atoms with E-state index < -0.39 is 11.9 Å². The van der Waals surface area contributed by atoms with Gasteiger partial charge < -0.3 is 14.6 Å². The van der Waals surface area contributed by atoms with Crippen molar-refractivity contribution in [3.8, 4) is 5.75 Å². The molecule has 0 aliphatic carbocycles. The van der Waals surface area contributed by atoms with Gasteiger partial charge in [0.15, 0.2) is 0 Å². The molecule has 0 saturated heterocycles. The molecule has 2 aromatic rings. The molecule has 1 N–H and O–H groups in total. The van der Waals surface area contributed by atoms with Crippen LogP contribution in [-0.2, 0) is 19.1 Å². The van der Waals surface area contributed by atoms with Crippen molar-refractivity contribution < 1.29 is 24.2 Å². The first-order valence-electron chi connectivity index (χ1n) is 6.99. The van der Waals surface area contributed by atoms with Gasteiger partial charge in [-0.25, -0.2) is 9.59 Å². The smallest absolute Gasteiger partial charge is 0.346 e. The van der Waals surface area contributed by atoms with E-state index in [1.807, 2.05) is 24.3 Å². The first-order valence-corrected chi connectivity index (χ1v) is 9.44. The van der Waals surface area contributed by atoms with Gasteiger partial charge in [-0.1, -0.05) is 41.4 Å². The Bertz CT molecular complexity index is 934. The van der Waals surface area contributed by atoms with E-state index in [0.29, 0.717) is 9.11 Å². The van der Waals surface area contributed by atoms with Gasteiger partial charge in [-0.05, 0) is 12.1 Å².